The van der Waals surface area contributed by atoms with Gasteiger partial charge >= 0.3 is 0 Å². The summed E-state index contributed by atoms with van der Waals surface area (Å²) in [4.78, 5) is 12.8. The number of rotatable bonds is 5. The number of methoxy groups -OCH3 is 1. The van der Waals surface area contributed by atoms with E-state index in [9.17, 15) is 9.00 Å². The Labute approximate surface area is 131 Å². The molecule has 0 bridgehead atoms. The van der Waals surface area contributed by atoms with Crippen LogP contribution in [0.25, 0.3) is 0 Å². The number of hydrogen-bond donors (Lipinski definition) is 2. The molecule has 0 heterocycles. The Morgan fingerprint density at radius 3 is 2.45 bits per heavy atom. The highest BCUT2D eigenvalue weighted by molar-refractivity contribution is 7.85. The minimum absolute atomic E-state index is 0.262. The van der Waals surface area contributed by atoms with Crippen molar-refractivity contribution < 1.29 is 13.7 Å². The molecule has 0 aliphatic heterocycles. The SMILES string of the molecule is COc1cccc(S(=O)c2ccc(NC(=O)C(C)N)cc2)c1. The quantitative estimate of drug-likeness (QED) is 0.885. The van der Waals surface area contributed by atoms with Gasteiger partial charge in [0.25, 0.3) is 0 Å². The van der Waals surface area contributed by atoms with Gasteiger partial charge in [0.05, 0.1) is 24.0 Å². The predicted molar refractivity (Wildman–Crippen MR) is 86.4 cm³/mol. The third kappa shape index (κ3) is 3.93. The summed E-state index contributed by atoms with van der Waals surface area (Å²) < 4.78 is 17.6. The Bertz CT molecular complexity index is 684. The standard InChI is InChI=1S/C16H18N2O3S/c1-11(17)16(19)18-12-6-8-14(9-7-12)22(20)15-5-3-4-13(10-15)21-2/h3-11H,17H2,1-2H3,(H,18,19). The average Bonchev–Trinajstić information content (AvgIpc) is 2.54. The first-order valence-corrected chi connectivity index (χ1v) is 7.88. The molecule has 1 amide bonds. The zero-order valence-corrected chi connectivity index (χ0v) is 13.2. The Morgan fingerprint density at radius 2 is 1.86 bits per heavy atom. The van der Waals surface area contributed by atoms with Gasteiger partial charge in [0.2, 0.25) is 5.91 Å². The van der Waals surface area contributed by atoms with E-state index >= 15 is 0 Å². The van der Waals surface area contributed by atoms with E-state index in [1.54, 1.807) is 62.6 Å². The van der Waals surface area contributed by atoms with Crippen molar-refractivity contribution in [1.82, 2.24) is 0 Å². The van der Waals surface area contributed by atoms with Gasteiger partial charge in [0, 0.05) is 15.5 Å². The lowest BCUT2D eigenvalue weighted by Crippen LogP contribution is -2.32. The van der Waals surface area contributed by atoms with Crippen LogP contribution in [0.4, 0.5) is 5.69 Å². The van der Waals surface area contributed by atoms with Crippen LogP contribution in [0.2, 0.25) is 0 Å². The van der Waals surface area contributed by atoms with E-state index in [1.165, 1.54) is 0 Å². The van der Waals surface area contributed by atoms with Crippen LogP contribution in [0.15, 0.2) is 58.3 Å². The van der Waals surface area contributed by atoms with Crippen molar-refractivity contribution in [2.45, 2.75) is 22.8 Å². The van der Waals surface area contributed by atoms with Crippen LogP contribution in [0.1, 0.15) is 6.92 Å². The van der Waals surface area contributed by atoms with E-state index in [2.05, 4.69) is 5.32 Å². The van der Waals surface area contributed by atoms with Crippen LogP contribution >= 0.6 is 0 Å². The van der Waals surface area contributed by atoms with Crippen molar-refractivity contribution in [2.75, 3.05) is 12.4 Å². The first-order valence-electron chi connectivity index (χ1n) is 6.73. The zero-order chi connectivity index (χ0) is 16.1. The van der Waals surface area contributed by atoms with Crippen LogP contribution in [0.3, 0.4) is 0 Å². The smallest absolute Gasteiger partial charge is 0.240 e. The molecule has 0 radical (unpaired) electrons. The molecule has 2 atom stereocenters. The summed E-state index contributed by atoms with van der Waals surface area (Å²) >= 11 is 0. The molecule has 0 saturated heterocycles. The van der Waals surface area contributed by atoms with Crippen molar-refractivity contribution in [2.24, 2.45) is 5.73 Å². The zero-order valence-electron chi connectivity index (χ0n) is 12.4. The maximum atomic E-state index is 12.5. The van der Waals surface area contributed by atoms with Crippen LogP contribution in [0.5, 0.6) is 5.75 Å². The third-order valence-corrected chi connectivity index (χ3v) is 4.39. The predicted octanol–water partition coefficient (Wildman–Crippen LogP) is 2.15. The second-order valence-corrected chi connectivity index (χ2v) is 6.23. The van der Waals surface area contributed by atoms with E-state index in [-0.39, 0.29) is 5.91 Å². The largest absolute Gasteiger partial charge is 0.497 e. The van der Waals surface area contributed by atoms with Crippen molar-refractivity contribution in [3.05, 3.63) is 48.5 Å². The van der Waals surface area contributed by atoms with E-state index < -0.39 is 16.8 Å². The number of ether oxygens (including phenoxy) is 1. The molecular weight excluding hydrogens is 300 g/mol. The van der Waals surface area contributed by atoms with E-state index in [0.29, 0.717) is 21.2 Å². The highest BCUT2D eigenvalue weighted by atomic mass is 32.2. The lowest BCUT2D eigenvalue weighted by atomic mass is 10.3. The molecule has 2 rings (SSSR count). The Morgan fingerprint density at radius 1 is 1.18 bits per heavy atom. The summed E-state index contributed by atoms with van der Waals surface area (Å²) in [6, 6.07) is 13.4. The molecule has 2 unspecified atom stereocenters. The highest BCUT2D eigenvalue weighted by Crippen LogP contribution is 2.22. The maximum absolute atomic E-state index is 12.5. The minimum Gasteiger partial charge on any atom is -0.497 e. The summed E-state index contributed by atoms with van der Waals surface area (Å²) in [6.45, 7) is 1.61. The van der Waals surface area contributed by atoms with Gasteiger partial charge < -0.3 is 15.8 Å². The van der Waals surface area contributed by atoms with Crippen LogP contribution in [-0.2, 0) is 15.6 Å². The Hall–Kier alpha value is -2.18. The number of carbonyl (C=O) groups excluding carboxylic acids is 1. The minimum atomic E-state index is -1.31. The molecule has 0 aromatic heterocycles. The molecule has 0 saturated carbocycles. The normalized spacial score (nSPS) is 13.2. The second-order valence-electron chi connectivity index (χ2n) is 4.75. The molecule has 2 aromatic rings. The highest BCUT2D eigenvalue weighted by Gasteiger charge is 2.10. The number of amides is 1. The van der Waals surface area contributed by atoms with Gasteiger partial charge in [-0.15, -0.1) is 0 Å². The fraction of sp³-hybridized carbons (Fsp3) is 0.188. The molecule has 0 spiro atoms. The molecule has 3 N–H and O–H groups in total. The number of benzene rings is 2. The van der Waals surface area contributed by atoms with Gasteiger partial charge in [0.1, 0.15) is 5.75 Å². The van der Waals surface area contributed by atoms with Crippen LogP contribution < -0.4 is 15.8 Å². The lowest BCUT2D eigenvalue weighted by molar-refractivity contribution is -0.117. The fourth-order valence-electron chi connectivity index (χ4n) is 1.77. The number of nitrogens with two attached hydrogens (primary N) is 1. The first kappa shape index (κ1) is 16.2. The van der Waals surface area contributed by atoms with Crippen LogP contribution in [0, 0.1) is 0 Å². The summed E-state index contributed by atoms with van der Waals surface area (Å²) in [5.74, 6) is 0.397. The summed E-state index contributed by atoms with van der Waals surface area (Å²) in [7, 11) is 0.262. The van der Waals surface area contributed by atoms with Crippen molar-refractivity contribution in [3.63, 3.8) is 0 Å². The molecular formula is C16H18N2O3S. The van der Waals surface area contributed by atoms with E-state index in [0.717, 1.165) is 0 Å². The summed E-state index contributed by atoms with van der Waals surface area (Å²) in [5.41, 5.74) is 6.11. The molecule has 0 fully saturated rings. The van der Waals surface area contributed by atoms with Crippen molar-refractivity contribution in [1.29, 1.82) is 0 Å². The van der Waals surface area contributed by atoms with Crippen LogP contribution in [-0.4, -0.2) is 23.3 Å². The molecule has 5 nitrogen and oxygen atoms in total. The summed E-state index contributed by atoms with van der Waals surface area (Å²) in [6.07, 6.45) is 0. The average molecular weight is 318 g/mol. The van der Waals surface area contributed by atoms with Gasteiger partial charge in [0.15, 0.2) is 0 Å². The second kappa shape index (κ2) is 7.20. The molecule has 0 aliphatic carbocycles. The van der Waals surface area contributed by atoms with Gasteiger partial charge in [-0.05, 0) is 49.4 Å². The van der Waals surface area contributed by atoms with Gasteiger partial charge in [-0.3, -0.25) is 4.79 Å². The lowest BCUT2D eigenvalue weighted by Gasteiger charge is -2.09. The van der Waals surface area contributed by atoms with Gasteiger partial charge in [-0.1, -0.05) is 6.07 Å². The van der Waals surface area contributed by atoms with E-state index in [1.807, 2.05) is 0 Å². The molecule has 6 heteroatoms. The first-order chi connectivity index (χ1) is 10.5. The van der Waals surface area contributed by atoms with E-state index in [4.69, 9.17) is 10.5 Å². The third-order valence-electron chi connectivity index (χ3n) is 3.00. The summed E-state index contributed by atoms with van der Waals surface area (Å²) in [5, 5.41) is 2.68. The molecule has 0 aliphatic rings. The number of carbonyl (C=O) groups is 1. The molecule has 2 aromatic carbocycles. The van der Waals surface area contributed by atoms with Gasteiger partial charge in [-0.25, -0.2) is 4.21 Å². The molecule has 116 valence electrons. The number of nitrogens with one attached hydrogen (secondary N) is 1. The monoisotopic (exact) mass is 318 g/mol. The topological polar surface area (TPSA) is 81.4 Å². The number of hydrogen-bond acceptors (Lipinski definition) is 4. The molecule has 22 heavy (non-hydrogen) atoms. The Balaban J connectivity index is 2.15. The fourth-order valence-corrected chi connectivity index (χ4v) is 2.85. The van der Waals surface area contributed by atoms with Crippen molar-refractivity contribution in [3.8, 4) is 5.75 Å². The number of anilines is 1. The maximum Gasteiger partial charge on any atom is 0.240 e. The van der Waals surface area contributed by atoms with Gasteiger partial charge in [-0.2, -0.15) is 0 Å². The van der Waals surface area contributed by atoms with Crippen molar-refractivity contribution >= 4 is 22.4 Å². The Kier molecular flexibility index (Phi) is 5.30.